The number of carbonyl (C=O) groups is 3. The summed E-state index contributed by atoms with van der Waals surface area (Å²) in [5.41, 5.74) is 0.527. The summed E-state index contributed by atoms with van der Waals surface area (Å²) in [5.74, 6) is 0.139. The Hall–Kier alpha value is -2.08. The van der Waals surface area contributed by atoms with E-state index in [1.54, 1.807) is 24.3 Å². The first kappa shape index (κ1) is 19.2. The number of carbonyl (C=O) groups excluding carboxylic acids is 3. The Labute approximate surface area is 152 Å². The van der Waals surface area contributed by atoms with E-state index >= 15 is 0 Å². The van der Waals surface area contributed by atoms with Crippen molar-refractivity contribution in [1.82, 2.24) is 15.5 Å². The molecule has 0 radical (unpaired) electrons. The molecule has 1 aliphatic heterocycles. The van der Waals surface area contributed by atoms with E-state index in [9.17, 15) is 14.4 Å². The summed E-state index contributed by atoms with van der Waals surface area (Å²) in [7, 11) is 0. The van der Waals surface area contributed by atoms with Crippen LogP contribution in [0.25, 0.3) is 0 Å². The van der Waals surface area contributed by atoms with Gasteiger partial charge >= 0.3 is 0 Å². The summed E-state index contributed by atoms with van der Waals surface area (Å²) in [5, 5.41) is 5.53. The highest BCUT2D eigenvalue weighted by Gasteiger charge is 2.23. The van der Waals surface area contributed by atoms with E-state index in [1.165, 1.54) is 0 Å². The fourth-order valence-electron chi connectivity index (χ4n) is 2.78. The Bertz CT molecular complexity index is 586. The van der Waals surface area contributed by atoms with Crippen LogP contribution in [0.2, 0.25) is 0 Å². The zero-order valence-corrected chi connectivity index (χ0v) is 14.9. The van der Waals surface area contributed by atoms with Crippen LogP contribution in [0.15, 0.2) is 30.3 Å². The Morgan fingerprint density at radius 2 is 1.80 bits per heavy atom. The number of likely N-dealkylation sites (tertiary alicyclic amines) is 1. The minimum absolute atomic E-state index is 0.0400. The van der Waals surface area contributed by atoms with E-state index < -0.39 is 0 Å². The van der Waals surface area contributed by atoms with E-state index in [2.05, 4.69) is 10.6 Å². The summed E-state index contributed by atoms with van der Waals surface area (Å²) in [4.78, 5) is 37.6. The Morgan fingerprint density at radius 1 is 1.12 bits per heavy atom. The van der Waals surface area contributed by atoms with Gasteiger partial charge in [-0.3, -0.25) is 14.4 Å². The molecule has 7 heteroatoms. The lowest BCUT2D eigenvalue weighted by molar-refractivity contribution is -0.132. The normalized spacial score (nSPS) is 14.8. The van der Waals surface area contributed by atoms with Crippen LogP contribution in [0.4, 0.5) is 0 Å². The molecule has 25 heavy (non-hydrogen) atoms. The van der Waals surface area contributed by atoms with Crippen LogP contribution in [0.3, 0.4) is 0 Å². The first-order chi connectivity index (χ1) is 12.1. The average Bonchev–Trinajstić information content (AvgIpc) is 2.65. The lowest BCUT2D eigenvalue weighted by Gasteiger charge is -2.32. The molecule has 0 unspecified atom stereocenters. The Balaban J connectivity index is 1.67. The van der Waals surface area contributed by atoms with Gasteiger partial charge in [-0.2, -0.15) is 0 Å². The van der Waals surface area contributed by atoms with E-state index in [0.717, 1.165) is 12.8 Å². The number of nitrogens with one attached hydrogen (secondary N) is 2. The van der Waals surface area contributed by atoms with Gasteiger partial charge in [-0.25, -0.2) is 0 Å². The van der Waals surface area contributed by atoms with Crippen molar-refractivity contribution in [2.24, 2.45) is 0 Å². The van der Waals surface area contributed by atoms with Crippen LogP contribution in [0, 0.1) is 0 Å². The monoisotopic (exact) mass is 365 g/mol. The second-order valence-corrected chi connectivity index (χ2v) is 6.44. The molecular weight excluding hydrogens is 342 g/mol. The predicted molar refractivity (Wildman–Crippen MR) is 96.5 cm³/mol. The highest BCUT2D eigenvalue weighted by molar-refractivity contribution is 6.17. The maximum Gasteiger partial charge on any atom is 0.251 e. The molecule has 1 aromatic carbocycles. The summed E-state index contributed by atoms with van der Waals surface area (Å²) in [6.45, 7) is 1.23. The molecule has 1 saturated heterocycles. The third-order valence-corrected chi connectivity index (χ3v) is 4.45. The number of nitrogens with zero attached hydrogens (tertiary/aromatic N) is 1. The fourth-order valence-corrected chi connectivity index (χ4v) is 2.91. The number of rotatable bonds is 7. The smallest absolute Gasteiger partial charge is 0.251 e. The molecule has 0 bridgehead atoms. The molecule has 136 valence electrons. The molecule has 3 amide bonds. The van der Waals surface area contributed by atoms with Crippen LogP contribution in [0.5, 0.6) is 0 Å². The average molecular weight is 366 g/mol. The number of halogens is 1. The molecule has 1 fully saturated rings. The van der Waals surface area contributed by atoms with E-state index in [1.807, 2.05) is 11.0 Å². The van der Waals surface area contributed by atoms with Crippen LogP contribution < -0.4 is 10.6 Å². The van der Waals surface area contributed by atoms with Crippen LogP contribution >= 0.6 is 11.6 Å². The zero-order chi connectivity index (χ0) is 18.1. The molecular formula is C18H24ClN3O3. The van der Waals surface area contributed by atoms with Crippen molar-refractivity contribution < 1.29 is 14.4 Å². The predicted octanol–water partition coefficient (Wildman–Crippen LogP) is 1.54. The van der Waals surface area contributed by atoms with Crippen molar-refractivity contribution in [2.45, 2.75) is 31.7 Å². The highest BCUT2D eigenvalue weighted by atomic mass is 35.5. The Kier molecular flexibility index (Phi) is 7.73. The minimum atomic E-state index is -0.268. The van der Waals surface area contributed by atoms with Gasteiger partial charge in [0.05, 0.1) is 6.54 Å². The van der Waals surface area contributed by atoms with Crippen molar-refractivity contribution in [3.8, 4) is 0 Å². The third-order valence-electron chi connectivity index (χ3n) is 4.18. The zero-order valence-electron chi connectivity index (χ0n) is 14.2. The second-order valence-electron chi connectivity index (χ2n) is 6.06. The molecule has 0 saturated carbocycles. The molecule has 0 aromatic heterocycles. The van der Waals surface area contributed by atoms with Crippen LogP contribution in [0.1, 0.15) is 36.0 Å². The number of hydrogen-bond donors (Lipinski definition) is 2. The van der Waals surface area contributed by atoms with Crippen LogP contribution in [-0.2, 0) is 9.59 Å². The lowest BCUT2D eigenvalue weighted by Crippen LogP contribution is -2.48. The van der Waals surface area contributed by atoms with E-state index in [4.69, 9.17) is 11.6 Å². The van der Waals surface area contributed by atoms with Gasteiger partial charge < -0.3 is 15.5 Å². The highest BCUT2D eigenvalue weighted by Crippen LogP contribution is 2.12. The SMILES string of the molecule is O=C(CNC(=O)c1ccccc1)NC1CCN(C(=O)CCCCl)CC1. The van der Waals surface area contributed by atoms with Crippen molar-refractivity contribution in [3.05, 3.63) is 35.9 Å². The van der Waals surface area contributed by atoms with Crippen LogP contribution in [-0.4, -0.2) is 54.2 Å². The fraction of sp³-hybridized carbons (Fsp3) is 0.500. The molecule has 6 nitrogen and oxygen atoms in total. The summed E-state index contributed by atoms with van der Waals surface area (Å²) in [6, 6.07) is 8.82. The number of amides is 3. The van der Waals surface area contributed by atoms with Gasteiger partial charge in [-0.05, 0) is 31.4 Å². The Morgan fingerprint density at radius 3 is 2.44 bits per heavy atom. The molecule has 0 aliphatic carbocycles. The minimum Gasteiger partial charge on any atom is -0.352 e. The van der Waals surface area contributed by atoms with Gasteiger partial charge in [-0.15, -0.1) is 11.6 Å². The third kappa shape index (κ3) is 6.38. The van der Waals surface area contributed by atoms with E-state index in [0.29, 0.717) is 37.4 Å². The lowest BCUT2D eigenvalue weighted by atomic mass is 10.0. The summed E-state index contributed by atoms with van der Waals surface area (Å²) in [6.07, 6.45) is 2.63. The summed E-state index contributed by atoms with van der Waals surface area (Å²) < 4.78 is 0. The number of piperidine rings is 1. The first-order valence-electron chi connectivity index (χ1n) is 8.56. The molecule has 0 atom stereocenters. The number of benzene rings is 1. The van der Waals surface area contributed by atoms with Gasteiger partial charge in [0.1, 0.15) is 0 Å². The molecule has 1 aromatic rings. The molecule has 1 aliphatic rings. The maximum atomic E-state index is 12.0. The summed E-state index contributed by atoms with van der Waals surface area (Å²) >= 11 is 5.61. The second kappa shape index (κ2) is 10.0. The number of hydrogen-bond acceptors (Lipinski definition) is 3. The first-order valence-corrected chi connectivity index (χ1v) is 9.10. The molecule has 2 rings (SSSR count). The van der Waals surface area contributed by atoms with Gasteiger partial charge in [0, 0.05) is 37.0 Å². The molecule has 0 spiro atoms. The van der Waals surface area contributed by atoms with Crippen molar-refractivity contribution >= 4 is 29.3 Å². The molecule has 1 heterocycles. The van der Waals surface area contributed by atoms with Crippen molar-refractivity contribution in [1.29, 1.82) is 0 Å². The topological polar surface area (TPSA) is 78.5 Å². The molecule has 2 N–H and O–H groups in total. The number of alkyl halides is 1. The quantitative estimate of drug-likeness (QED) is 0.719. The van der Waals surface area contributed by atoms with Crippen molar-refractivity contribution in [2.75, 3.05) is 25.5 Å². The standard InChI is InChI=1S/C18H24ClN3O3/c19-10-4-7-17(24)22-11-8-15(9-12-22)21-16(23)13-20-18(25)14-5-2-1-3-6-14/h1-3,5-6,15H,4,7-13H2,(H,20,25)(H,21,23). The van der Waals surface area contributed by atoms with Gasteiger partial charge in [0.2, 0.25) is 11.8 Å². The van der Waals surface area contributed by atoms with Crippen molar-refractivity contribution in [3.63, 3.8) is 0 Å². The van der Waals surface area contributed by atoms with Gasteiger partial charge in [0.25, 0.3) is 5.91 Å². The van der Waals surface area contributed by atoms with Gasteiger partial charge in [0.15, 0.2) is 0 Å². The maximum absolute atomic E-state index is 12.0. The largest absolute Gasteiger partial charge is 0.352 e. The van der Waals surface area contributed by atoms with Gasteiger partial charge in [-0.1, -0.05) is 18.2 Å². The van der Waals surface area contributed by atoms with E-state index in [-0.39, 0.29) is 30.3 Å².